The molecule has 138 valence electrons. The van der Waals surface area contributed by atoms with Gasteiger partial charge in [-0.2, -0.15) is 13.2 Å². The summed E-state index contributed by atoms with van der Waals surface area (Å²) in [6.45, 7) is 3.16. The van der Waals surface area contributed by atoms with E-state index >= 15 is 0 Å². The number of H-pyrrole nitrogens is 1. The number of rotatable bonds is 4. The third-order valence-electron chi connectivity index (χ3n) is 4.20. The van der Waals surface area contributed by atoms with E-state index in [0.717, 1.165) is 37.7 Å². The number of alkyl halides is 3. The molecule has 1 aromatic heterocycles. The van der Waals surface area contributed by atoms with Crippen LogP contribution in [0.25, 0.3) is 0 Å². The van der Waals surface area contributed by atoms with Crippen LogP contribution in [0.5, 0.6) is 0 Å². The molecular formula is C17H17F3N4O2. The zero-order valence-electron chi connectivity index (χ0n) is 13.9. The Hall–Kier alpha value is -2.84. The van der Waals surface area contributed by atoms with Crippen molar-refractivity contribution in [2.75, 3.05) is 18.0 Å². The molecule has 1 aliphatic heterocycles. The predicted octanol–water partition coefficient (Wildman–Crippen LogP) is 2.49. The Bertz CT molecular complexity index is 858. The molecule has 0 radical (unpaired) electrons. The van der Waals surface area contributed by atoms with Gasteiger partial charge in [-0.3, -0.25) is 14.6 Å². The van der Waals surface area contributed by atoms with Gasteiger partial charge in [-0.05, 0) is 31.0 Å². The normalized spacial score (nSPS) is 15.3. The van der Waals surface area contributed by atoms with Crippen molar-refractivity contribution in [3.05, 3.63) is 57.5 Å². The molecule has 0 unspecified atom stereocenters. The molecule has 0 aliphatic carbocycles. The summed E-state index contributed by atoms with van der Waals surface area (Å²) in [4.78, 5) is 32.7. The number of aromatic nitrogens is 2. The lowest BCUT2D eigenvalue weighted by Crippen LogP contribution is -2.40. The fourth-order valence-electron chi connectivity index (χ4n) is 2.55. The van der Waals surface area contributed by atoms with Gasteiger partial charge in [0.2, 0.25) is 5.95 Å². The molecular weight excluding hydrogens is 349 g/mol. The summed E-state index contributed by atoms with van der Waals surface area (Å²) in [6, 6.07) is 5.10. The maximum absolute atomic E-state index is 12.6. The number of hydrogen-bond donors (Lipinski definition) is 2. The molecule has 26 heavy (non-hydrogen) atoms. The second-order valence-electron chi connectivity index (χ2n) is 6.11. The third-order valence-corrected chi connectivity index (χ3v) is 4.20. The lowest BCUT2D eigenvalue weighted by Gasteiger charge is -2.31. The molecule has 1 atom stereocenters. The lowest BCUT2D eigenvalue weighted by atomic mass is 10.1. The summed E-state index contributed by atoms with van der Waals surface area (Å²) in [7, 11) is 0. The number of anilines is 1. The van der Waals surface area contributed by atoms with Gasteiger partial charge in [-0.1, -0.05) is 12.1 Å². The molecule has 1 amide bonds. The first-order valence-corrected chi connectivity index (χ1v) is 8.08. The Morgan fingerprint density at radius 2 is 1.92 bits per heavy atom. The molecule has 3 rings (SSSR count). The standard InChI is InChI=1S/C17H17F3N4O2/c1-10(11-3-5-12(6-4-11)17(18,19)20)21-15(26)13-9-14(25)23-16(22-13)24-7-2-8-24/h3-6,9-10H,2,7-8H2,1H3,(H,21,26)(H,22,23,25)/t10-/m1/s1. The Labute approximate surface area is 147 Å². The zero-order valence-corrected chi connectivity index (χ0v) is 13.9. The maximum atomic E-state index is 12.6. The highest BCUT2D eigenvalue weighted by atomic mass is 19.4. The summed E-state index contributed by atoms with van der Waals surface area (Å²) >= 11 is 0. The number of amides is 1. The third kappa shape index (κ3) is 3.87. The van der Waals surface area contributed by atoms with E-state index in [1.807, 2.05) is 4.90 Å². The Balaban J connectivity index is 1.73. The number of halogens is 3. The van der Waals surface area contributed by atoms with Crippen LogP contribution in [0.4, 0.5) is 19.1 Å². The Morgan fingerprint density at radius 3 is 2.46 bits per heavy atom. The van der Waals surface area contributed by atoms with E-state index in [4.69, 9.17) is 0 Å². The van der Waals surface area contributed by atoms with Gasteiger partial charge in [-0.25, -0.2) is 4.98 Å². The zero-order chi connectivity index (χ0) is 18.9. The average Bonchev–Trinajstić information content (AvgIpc) is 2.52. The topological polar surface area (TPSA) is 78.1 Å². The highest BCUT2D eigenvalue weighted by Gasteiger charge is 2.30. The van der Waals surface area contributed by atoms with E-state index in [0.29, 0.717) is 11.5 Å². The molecule has 6 nitrogen and oxygen atoms in total. The minimum Gasteiger partial charge on any atom is -0.344 e. The Morgan fingerprint density at radius 1 is 1.27 bits per heavy atom. The van der Waals surface area contributed by atoms with Crippen LogP contribution in [-0.4, -0.2) is 29.0 Å². The van der Waals surface area contributed by atoms with Crippen LogP contribution in [0.15, 0.2) is 35.1 Å². The first kappa shape index (κ1) is 18.0. The van der Waals surface area contributed by atoms with Gasteiger partial charge < -0.3 is 10.2 Å². The van der Waals surface area contributed by atoms with Crippen molar-refractivity contribution in [3.8, 4) is 0 Å². The number of nitrogens with zero attached hydrogens (tertiary/aromatic N) is 2. The van der Waals surface area contributed by atoms with Crippen LogP contribution in [0.3, 0.4) is 0 Å². The van der Waals surface area contributed by atoms with Gasteiger partial charge in [0, 0.05) is 19.2 Å². The fourth-order valence-corrected chi connectivity index (χ4v) is 2.55. The van der Waals surface area contributed by atoms with Gasteiger partial charge in [0.05, 0.1) is 11.6 Å². The number of benzene rings is 1. The smallest absolute Gasteiger partial charge is 0.344 e. The van der Waals surface area contributed by atoms with Crippen molar-refractivity contribution in [2.24, 2.45) is 0 Å². The number of aromatic amines is 1. The highest BCUT2D eigenvalue weighted by molar-refractivity contribution is 5.92. The van der Waals surface area contributed by atoms with E-state index in [9.17, 15) is 22.8 Å². The molecule has 0 bridgehead atoms. The molecule has 2 aromatic rings. The second kappa shape index (κ2) is 6.81. The molecule has 9 heteroatoms. The van der Waals surface area contributed by atoms with Crippen LogP contribution in [-0.2, 0) is 6.18 Å². The lowest BCUT2D eigenvalue weighted by molar-refractivity contribution is -0.137. The summed E-state index contributed by atoms with van der Waals surface area (Å²) in [6.07, 6.45) is -3.42. The van der Waals surface area contributed by atoms with Gasteiger partial charge in [-0.15, -0.1) is 0 Å². The molecule has 1 saturated heterocycles. The predicted molar refractivity (Wildman–Crippen MR) is 89.0 cm³/mol. The van der Waals surface area contributed by atoms with E-state index in [-0.39, 0.29) is 5.69 Å². The monoisotopic (exact) mass is 366 g/mol. The van der Waals surface area contributed by atoms with Gasteiger partial charge in [0.25, 0.3) is 11.5 Å². The molecule has 2 heterocycles. The minimum absolute atomic E-state index is 0.0330. The van der Waals surface area contributed by atoms with E-state index < -0.39 is 29.2 Å². The fraction of sp³-hybridized carbons (Fsp3) is 0.353. The second-order valence-corrected chi connectivity index (χ2v) is 6.11. The maximum Gasteiger partial charge on any atom is 0.416 e. The number of carbonyl (C=O) groups excluding carboxylic acids is 1. The van der Waals surface area contributed by atoms with Crippen LogP contribution < -0.4 is 15.8 Å². The molecule has 1 aliphatic rings. The SMILES string of the molecule is C[C@@H](NC(=O)c1cc(=O)[nH]c(N2CCC2)n1)c1ccc(C(F)(F)F)cc1. The summed E-state index contributed by atoms with van der Waals surface area (Å²) < 4.78 is 37.8. The molecule has 0 saturated carbocycles. The number of hydrogen-bond acceptors (Lipinski definition) is 4. The van der Waals surface area contributed by atoms with Crippen molar-refractivity contribution in [1.82, 2.24) is 15.3 Å². The van der Waals surface area contributed by atoms with Crippen molar-refractivity contribution < 1.29 is 18.0 Å². The van der Waals surface area contributed by atoms with Crippen LogP contribution in [0.1, 0.15) is 41.0 Å². The van der Waals surface area contributed by atoms with Crippen LogP contribution in [0.2, 0.25) is 0 Å². The van der Waals surface area contributed by atoms with Gasteiger partial charge in [0.1, 0.15) is 5.69 Å². The Kier molecular flexibility index (Phi) is 4.71. The minimum atomic E-state index is -4.41. The molecule has 1 aromatic carbocycles. The summed E-state index contributed by atoms with van der Waals surface area (Å²) in [5.41, 5.74) is -0.710. The summed E-state index contributed by atoms with van der Waals surface area (Å²) in [5, 5.41) is 2.65. The van der Waals surface area contributed by atoms with Gasteiger partial charge >= 0.3 is 6.18 Å². The molecule has 2 N–H and O–H groups in total. The van der Waals surface area contributed by atoms with Crippen molar-refractivity contribution in [1.29, 1.82) is 0 Å². The van der Waals surface area contributed by atoms with Crippen LogP contribution >= 0.6 is 0 Å². The number of carbonyl (C=O) groups is 1. The number of nitrogens with one attached hydrogen (secondary N) is 2. The average molecular weight is 366 g/mol. The van der Waals surface area contributed by atoms with E-state index in [1.165, 1.54) is 12.1 Å². The van der Waals surface area contributed by atoms with Crippen molar-refractivity contribution >= 4 is 11.9 Å². The summed E-state index contributed by atoms with van der Waals surface area (Å²) in [5.74, 6) is -0.221. The first-order valence-electron chi connectivity index (χ1n) is 8.08. The molecule has 0 spiro atoms. The van der Waals surface area contributed by atoms with E-state index in [1.54, 1.807) is 6.92 Å². The largest absolute Gasteiger partial charge is 0.416 e. The highest BCUT2D eigenvalue weighted by Crippen LogP contribution is 2.29. The van der Waals surface area contributed by atoms with Gasteiger partial charge in [0.15, 0.2) is 0 Å². The van der Waals surface area contributed by atoms with Crippen molar-refractivity contribution in [3.63, 3.8) is 0 Å². The first-order chi connectivity index (χ1) is 12.2. The molecule has 1 fully saturated rings. The quantitative estimate of drug-likeness (QED) is 0.872. The van der Waals surface area contributed by atoms with Crippen LogP contribution in [0, 0.1) is 0 Å². The van der Waals surface area contributed by atoms with E-state index in [2.05, 4.69) is 15.3 Å². The van der Waals surface area contributed by atoms with Crippen molar-refractivity contribution in [2.45, 2.75) is 25.6 Å².